The number of hydroxylamine groups is 2. The van der Waals surface area contributed by atoms with Gasteiger partial charge in [0, 0.05) is 39.0 Å². The zero-order valence-electron chi connectivity index (χ0n) is 20.2. The Balaban J connectivity index is 2.31. The summed E-state index contributed by atoms with van der Waals surface area (Å²) in [6.45, 7) is 21.1. The van der Waals surface area contributed by atoms with Crippen molar-refractivity contribution in [3.8, 4) is 0 Å². The van der Waals surface area contributed by atoms with E-state index in [1.807, 2.05) is 0 Å². The molecule has 0 saturated carbocycles. The molecule has 0 aromatic heterocycles. The van der Waals surface area contributed by atoms with Gasteiger partial charge in [-0.2, -0.15) is 5.06 Å². The maximum Gasteiger partial charge on any atom is 0.124 e. The molecule has 1 aliphatic rings. The molecule has 1 fully saturated rings. The Morgan fingerprint density at radius 3 is 2.00 bits per heavy atom. The quantitative estimate of drug-likeness (QED) is 0.277. The molecule has 1 unspecified atom stereocenters. The SMILES string of the molecule is CC(C)(CN)CNCC(C)(C)CNCC(O)COC1CC(C)(C)[NH+](O)C(C)(C)C1. The Labute approximate surface area is 178 Å². The fourth-order valence-corrected chi connectivity index (χ4v) is 4.19. The molecule has 0 amide bonds. The maximum absolute atomic E-state index is 10.5. The summed E-state index contributed by atoms with van der Waals surface area (Å²) in [5.41, 5.74) is 5.45. The third-order valence-electron chi connectivity index (χ3n) is 6.03. The summed E-state index contributed by atoms with van der Waals surface area (Å²) in [6.07, 6.45) is 1.07. The van der Waals surface area contributed by atoms with Crippen LogP contribution in [-0.4, -0.2) is 72.9 Å². The molecule has 7 heteroatoms. The molecule has 1 aliphatic heterocycles. The van der Waals surface area contributed by atoms with Crippen LogP contribution in [-0.2, 0) is 4.74 Å². The summed E-state index contributed by atoms with van der Waals surface area (Å²) in [5.74, 6) is 0. The van der Waals surface area contributed by atoms with Crippen molar-refractivity contribution < 1.29 is 20.1 Å². The maximum atomic E-state index is 10.5. The predicted octanol–water partition coefficient (Wildman–Crippen LogP) is 0.548. The van der Waals surface area contributed by atoms with Gasteiger partial charge in [0.15, 0.2) is 0 Å². The first-order valence-corrected chi connectivity index (χ1v) is 11.1. The molecule has 0 spiro atoms. The first kappa shape index (κ1) is 26.8. The van der Waals surface area contributed by atoms with Gasteiger partial charge >= 0.3 is 0 Å². The number of quaternary nitrogens is 1. The number of nitrogens with two attached hydrogens (primary N) is 1. The number of nitrogens with one attached hydrogen (secondary N) is 3. The van der Waals surface area contributed by atoms with Crippen molar-refractivity contribution in [3.63, 3.8) is 0 Å². The second-order valence-electron chi connectivity index (χ2n) is 11.9. The summed E-state index contributed by atoms with van der Waals surface area (Å²) in [6, 6.07) is 0. The van der Waals surface area contributed by atoms with E-state index in [-0.39, 0.29) is 28.0 Å². The van der Waals surface area contributed by atoms with E-state index >= 15 is 0 Å². The van der Waals surface area contributed by atoms with Crippen LogP contribution in [0.5, 0.6) is 0 Å². The summed E-state index contributed by atoms with van der Waals surface area (Å²) >= 11 is 0. The first-order valence-electron chi connectivity index (χ1n) is 11.1. The normalized spacial score (nSPS) is 25.8. The monoisotopic (exact) mass is 417 g/mol. The minimum Gasteiger partial charge on any atom is -0.389 e. The van der Waals surface area contributed by atoms with E-state index in [1.165, 1.54) is 0 Å². The van der Waals surface area contributed by atoms with Gasteiger partial charge in [0.1, 0.15) is 11.1 Å². The lowest BCUT2D eigenvalue weighted by molar-refractivity contribution is -1.16. The molecule has 0 bridgehead atoms. The van der Waals surface area contributed by atoms with E-state index in [9.17, 15) is 10.3 Å². The second-order valence-corrected chi connectivity index (χ2v) is 11.9. The highest BCUT2D eigenvalue weighted by molar-refractivity contribution is 4.86. The van der Waals surface area contributed by atoms with E-state index in [0.717, 1.165) is 32.5 Å². The molecule has 1 atom stereocenters. The number of piperidine rings is 1. The van der Waals surface area contributed by atoms with Crippen molar-refractivity contribution in [2.75, 3.05) is 39.3 Å². The smallest absolute Gasteiger partial charge is 0.124 e. The topological polar surface area (TPSA) is 104 Å². The van der Waals surface area contributed by atoms with Crippen LogP contribution < -0.4 is 21.4 Å². The minimum absolute atomic E-state index is 0.0529. The van der Waals surface area contributed by atoms with Crippen LogP contribution in [0.1, 0.15) is 68.2 Å². The number of hydrogen-bond acceptors (Lipinski definition) is 6. The van der Waals surface area contributed by atoms with Gasteiger partial charge in [-0.05, 0) is 45.1 Å². The lowest BCUT2D eigenvalue weighted by atomic mass is 9.80. The van der Waals surface area contributed by atoms with Gasteiger partial charge < -0.3 is 26.2 Å². The van der Waals surface area contributed by atoms with Gasteiger partial charge in [-0.15, -0.1) is 0 Å². The van der Waals surface area contributed by atoms with Gasteiger partial charge in [-0.1, -0.05) is 27.7 Å². The fraction of sp³-hybridized carbons (Fsp3) is 1.00. The Morgan fingerprint density at radius 2 is 1.48 bits per heavy atom. The number of hydrogen-bond donors (Lipinski definition) is 6. The zero-order valence-corrected chi connectivity index (χ0v) is 20.2. The van der Waals surface area contributed by atoms with Crippen LogP contribution in [0, 0.1) is 10.8 Å². The number of rotatable bonds is 12. The van der Waals surface area contributed by atoms with Gasteiger partial charge in [-0.3, -0.25) is 0 Å². The van der Waals surface area contributed by atoms with Gasteiger partial charge in [-0.25, -0.2) is 5.21 Å². The standard InChI is InChI=1S/C22H48N4O3/c1-19(2,13-23)14-25-16-20(3,4)15-24-11-17(27)12-29-18-9-21(5,6)26(28)22(7,8)10-18/h17-18,24-25,27-28H,9-16,23H2,1-8H3/p+1. The highest BCUT2D eigenvalue weighted by Crippen LogP contribution is 2.25. The minimum atomic E-state index is -0.541. The van der Waals surface area contributed by atoms with E-state index < -0.39 is 6.10 Å². The molecule has 7 nitrogen and oxygen atoms in total. The summed E-state index contributed by atoms with van der Waals surface area (Å²) < 4.78 is 6.02. The highest BCUT2D eigenvalue weighted by atomic mass is 16.5. The Kier molecular flexibility index (Phi) is 9.55. The molecule has 7 N–H and O–H groups in total. The lowest BCUT2D eigenvalue weighted by Crippen LogP contribution is -3.25. The van der Waals surface area contributed by atoms with Gasteiger partial charge in [0.2, 0.25) is 0 Å². The number of ether oxygens (including phenoxy) is 1. The van der Waals surface area contributed by atoms with Crippen LogP contribution in [0.2, 0.25) is 0 Å². The average Bonchev–Trinajstić information content (AvgIpc) is 2.57. The molecule has 1 rings (SSSR count). The van der Waals surface area contributed by atoms with Crippen molar-refractivity contribution in [1.82, 2.24) is 10.6 Å². The molecule has 29 heavy (non-hydrogen) atoms. The van der Waals surface area contributed by atoms with Crippen LogP contribution in [0.25, 0.3) is 0 Å². The van der Waals surface area contributed by atoms with Crippen LogP contribution in [0.4, 0.5) is 0 Å². The lowest BCUT2D eigenvalue weighted by Gasteiger charge is -2.47. The van der Waals surface area contributed by atoms with Crippen LogP contribution in [0.3, 0.4) is 0 Å². The van der Waals surface area contributed by atoms with Crippen LogP contribution in [0.15, 0.2) is 0 Å². The van der Waals surface area contributed by atoms with E-state index in [2.05, 4.69) is 66.0 Å². The van der Waals surface area contributed by atoms with Gasteiger partial charge in [0.25, 0.3) is 0 Å². The van der Waals surface area contributed by atoms with E-state index in [4.69, 9.17) is 10.5 Å². The molecule has 0 aromatic rings. The van der Waals surface area contributed by atoms with Gasteiger partial charge in [0.05, 0.1) is 18.8 Å². The summed E-state index contributed by atoms with van der Waals surface area (Å²) in [7, 11) is 0. The van der Waals surface area contributed by atoms with Crippen molar-refractivity contribution in [3.05, 3.63) is 0 Å². The molecule has 1 heterocycles. The molecule has 174 valence electrons. The number of aliphatic hydroxyl groups is 1. The molecule has 1 saturated heterocycles. The van der Waals surface area contributed by atoms with Crippen LogP contribution >= 0.6 is 0 Å². The zero-order chi connectivity index (χ0) is 22.5. The Bertz CT molecular complexity index is 476. The van der Waals surface area contributed by atoms with E-state index in [0.29, 0.717) is 24.8 Å². The van der Waals surface area contributed by atoms with Crippen molar-refractivity contribution in [1.29, 1.82) is 0 Å². The Morgan fingerprint density at radius 1 is 1.00 bits per heavy atom. The molecular formula is C22H49N4O3+. The predicted molar refractivity (Wildman–Crippen MR) is 118 cm³/mol. The largest absolute Gasteiger partial charge is 0.389 e. The van der Waals surface area contributed by atoms with Crippen molar-refractivity contribution in [2.24, 2.45) is 16.6 Å². The summed E-state index contributed by atoms with van der Waals surface area (Å²) in [4.78, 5) is 0. The summed E-state index contributed by atoms with van der Waals surface area (Å²) in [5, 5.41) is 28.2. The fourth-order valence-electron chi connectivity index (χ4n) is 4.19. The molecular weight excluding hydrogens is 368 g/mol. The third-order valence-corrected chi connectivity index (χ3v) is 6.03. The third kappa shape index (κ3) is 9.17. The van der Waals surface area contributed by atoms with Crippen molar-refractivity contribution >= 4 is 0 Å². The average molecular weight is 418 g/mol. The second kappa shape index (κ2) is 10.4. The highest BCUT2D eigenvalue weighted by Gasteiger charge is 2.50. The van der Waals surface area contributed by atoms with E-state index in [1.54, 1.807) is 0 Å². The Hall–Kier alpha value is -0.280. The molecule has 0 aromatic carbocycles. The van der Waals surface area contributed by atoms with Crippen molar-refractivity contribution in [2.45, 2.75) is 91.5 Å². The first-order chi connectivity index (χ1) is 13.1. The number of aliphatic hydroxyl groups excluding tert-OH is 1. The molecule has 0 aliphatic carbocycles. The molecule has 0 radical (unpaired) electrons.